The normalized spacial score (nSPS) is 20.2. The Kier molecular flexibility index (Phi) is 6.82. The molecule has 0 spiro atoms. The number of ether oxygens (including phenoxy) is 1. The fourth-order valence-corrected chi connectivity index (χ4v) is 3.92. The Balaban J connectivity index is 2.02. The van der Waals surface area contributed by atoms with Crippen LogP contribution in [0.4, 0.5) is 13.6 Å². The van der Waals surface area contributed by atoms with Gasteiger partial charge < -0.3 is 14.7 Å². The Labute approximate surface area is 169 Å². The molecule has 1 aliphatic rings. The zero-order valence-electron chi connectivity index (χ0n) is 16.6. The van der Waals surface area contributed by atoms with Crippen molar-refractivity contribution in [1.82, 2.24) is 9.80 Å². The molecule has 1 saturated heterocycles. The van der Waals surface area contributed by atoms with E-state index in [9.17, 15) is 18.7 Å². The van der Waals surface area contributed by atoms with Gasteiger partial charge in [-0.25, -0.2) is 13.6 Å². The fraction of sp³-hybridized carbons (Fsp3) is 0.409. The molecule has 156 valence electrons. The Morgan fingerprint density at radius 3 is 2.03 bits per heavy atom. The van der Waals surface area contributed by atoms with Crippen LogP contribution in [0.3, 0.4) is 0 Å². The summed E-state index contributed by atoms with van der Waals surface area (Å²) in [6.45, 7) is 5.42. The van der Waals surface area contributed by atoms with E-state index in [1.54, 1.807) is 24.3 Å². The van der Waals surface area contributed by atoms with Crippen LogP contribution in [0.1, 0.15) is 31.0 Å². The summed E-state index contributed by atoms with van der Waals surface area (Å²) < 4.78 is 32.7. The number of piperazine rings is 1. The predicted molar refractivity (Wildman–Crippen MR) is 106 cm³/mol. The number of hydrogen-bond donors (Lipinski definition) is 1. The van der Waals surface area contributed by atoms with E-state index in [0.717, 1.165) is 11.1 Å². The largest absolute Gasteiger partial charge is 0.465 e. The van der Waals surface area contributed by atoms with Crippen molar-refractivity contribution in [2.45, 2.75) is 32.0 Å². The third-order valence-corrected chi connectivity index (χ3v) is 5.35. The number of nitrogens with zero attached hydrogens (tertiary/aromatic N) is 2. The number of carbonyl (C=O) groups is 1. The molecule has 2 aromatic carbocycles. The van der Waals surface area contributed by atoms with Crippen LogP contribution in [0.15, 0.2) is 48.5 Å². The molecular weight excluding hydrogens is 378 g/mol. The molecule has 0 radical (unpaired) electrons. The van der Waals surface area contributed by atoms with Gasteiger partial charge in [0.15, 0.2) is 0 Å². The molecule has 1 N–H and O–H groups in total. The van der Waals surface area contributed by atoms with E-state index >= 15 is 0 Å². The number of rotatable bonds is 6. The van der Waals surface area contributed by atoms with Gasteiger partial charge >= 0.3 is 6.09 Å². The van der Waals surface area contributed by atoms with Crippen molar-refractivity contribution in [1.29, 1.82) is 0 Å². The molecule has 29 heavy (non-hydrogen) atoms. The minimum atomic E-state index is -0.959. The molecule has 0 saturated carbocycles. The number of benzene rings is 2. The lowest BCUT2D eigenvalue weighted by molar-refractivity contribution is -0.0176. The quantitative estimate of drug-likeness (QED) is 0.786. The molecule has 7 heteroatoms. The molecule has 0 aromatic heterocycles. The van der Waals surface area contributed by atoms with Gasteiger partial charge in [0, 0.05) is 25.7 Å². The maximum atomic E-state index is 13.5. The van der Waals surface area contributed by atoms with E-state index < -0.39 is 6.09 Å². The van der Waals surface area contributed by atoms with Crippen molar-refractivity contribution >= 4 is 6.09 Å². The van der Waals surface area contributed by atoms with E-state index in [0.29, 0.717) is 26.3 Å². The molecule has 0 unspecified atom stereocenters. The lowest BCUT2D eigenvalue weighted by Gasteiger charge is -2.47. The summed E-state index contributed by atoms with van der Waals surface area (Å²) in [4.78, 5) is 15.3. The number of amides is 1. The first kappa shape index (κ1) is 21.2. The second kappa shape index (κ2) is 9.33. The summed E-state index contributed by atoms with van der Waals surface area (Å²) in [6, 6.07) is 11.8. The summed E-state index contributed by atoms with van der Waals surface area (Å²) in [7, 11) is 0. The molecule has 1 amide bonds. The predicted octanol–water partition coefficient (Wildman–Crippen LogP) is 4.14. The van der Waals surface area contributed by atoms with Gasteiger partial charge in [0.1, 0.15) is 11.6 Å². The van der Waals surface area contributed by atoms with Crippen molar-refractivity contribution in [3.05, 3.63) is 71.3 Å². The minimum Gasteiger partial charge on any atom is -0.465 e. The second-order valence-electron chi connectivity index (χ2n) is 7.30. The van der Waals surface area contributed by atoms with Crippen LogP contribution in [0, 0.1) is 11.6 Å². The first-order valence-electron chi connectivity index (χ1n) is 9.74. The van der Waals surface area contributed by atoms with E-state index in [1.165, 1.54) is 29.2 Å². The summed E-state index contributed by atoms with van der Waals surface area (Å²) in [5.41, 5.74) is 1.71. The molecule has 0 bridgehead atoms. The number of hydrogen-bond acceptors (Lipinski definition) is 3. The Morgan fingerprint density at radius 1 is 1.07 bits per heavy atom. The molecule has 3 rings (SSSR count). The number of carboxylic acid groups (broad SMARTS) is 1. The van der Waals surface area contributed by atoms with Crippen LogP contribution >= 0.6 is 0 Å². The fourth-order valence-electron chi connectivity index (χ4n) is 3.92. The van der Waals surface area contributed by atoms with Crippen LogP contribution in [-0.4, -0.2) is 59.4 Å². The summed E-state index contributed by atoms with van der Waals surface area (Å²) in [5, 5.41) is 9.56. The highest BCUT2D eigenvalue weighted by Gasteiger charge is 2.38. The second-order valence-corrected chi connectivity index (χ2v) is 7.30. The van der Waals surface area contributed by atoms with Crippen molar-refractivity contribution in [3.63, 3.8) is 0 Å². The van der Waals surface area contributed by atoms with Crippen LogP contribution in [0.2, 0.25) is 0 Å². The first-order valence-corrected chi connectivity index (χ1v) is 9.74. The molecule has 0 aliphatic carbocycles. The molecule has 1 heterocycles. The Hall–Kier alpha value is -2.51. The van der Waals surface area contributed by atoms with Gasteiger partial charge in [-0.2, -0.15) is 0 Å². The third-order valence-electron chi connectivity index (χ3n) is 5.35. The van der Waals surface area contributed by atoms with Crippen LogP contribution < -0.4 is 0 Å². The first-order chi connectivity index (χ1) is 13.9. The lowest BCUT2D eigenvalue weighted by Crippen LogP contribution is -2.60. The van der Waals surface area contributed by atoms with Crippen molar-refractivity contribution < 1.29 is 23.4 Å². The lowest BCUT2D eigenvalue weighted by atomic mass is 9.93. The van der Waals surface area contributed by atoms with Crippen LogP contribution in [0.25, 0.3) is 0 Å². The average Bonchev–Trinajstić information content (AvgIpc) is 2.70. The monoisotopic (exact) mass is 404 g/mol. The molecule has 2 atom stereocenters. The van der Waals surface area contributed by atoms with Gasteiger partial charge in [-0.15, -0.1) is 0 Å². The summed E-state index contributed by atoms with van der Waals surface area (Å²) in [5.74, 6) is -0.664. The van der Waals surface area contributed by atoms with Gasteiger partial charge in [-0.05, 0) is 49.2 Å². The van der Waals surface area contributed by atoms with E-state index in [-0.39, 0.29) is 29.8 Å². The number of halogens is 2. The smallest absolute Gasteiger partial charge is 0.407 e. The molecule has 5 nitrogen and oxygen atoms in total. The molecule has 1 fully saturated rings. The van der Waals surface area contributed by atoms with Gasteiger partial charge in [-0.1, -0.05) is 24.3 Å². The summed E-state index contributed by atoms with van der Waals surface area (Å²) >= 11 is 0. The third kappa shape index (κ3) is 4.92. The topological polar surface area (TPSA) is 53.0 Å². The highest BCUT2D eigenvalue weighted by atomic mass is 19.1. The van der Waals surface area contributed by atoms with Crippen molar-refractivity contribution in [2.75, 3.05) is 26.3 Å². The van der Waals surface area contributed by atoms with E-state index in [4.69, 9.17) is 4.74 Å². The average molecular weight is 404 g/mol. The van der Waals surface area contributed by atoms with Crippen LogP contribution in [0.5, 0.6) is 0 Å². The van der Waals surface area contributed by atoms with Crippen LogP contribution in [-0.2, 0) is 4.74 Å². The highest BCUT2D eigenvalue weighted by molar-refractivity contribution is 5.65. The van der Waals surface area contributed by atoms with Gasteiger partial charge in [0.2, 0.25) is 0 Å². The zero-order valence-corrected chi connectivity index (χ0v) is 16.6. The maximum absolute atomic E-state index is 13.5. The van der Waals surface area contributed by atoms with Crippen molar-refractivity contribution in [3.8, 4) is 0 Å². The van der Waals surface area contributed by atoms with Gasteiger partial charge in [0.25, 0.3) is 0 Å². The van der Waals surface area contributed by atoms with Crippen molar-refractivity contribution in [2.24, 2.45) is 0 Å². The Bertz CT molecular complexity index is 768. The minimum absolute atomic E-state index is 0.192. The Morgan fingerprint density at radius 2 is 1.59 bits per heavy atom. The molecule has 2 aromatic rings. The SMILES string of the molecule is CCOC[C@@H]1CN(C(=O)O)[C@@H](C)CN1C(c1ccc(F)cc1)c1ccc(F)cc1. The molecular formula is C22H26F2N2O3. The van der Waals surface area contributed by atoms with E-state index in [1.807, 2.05) is 13.8 Å². The standard InChI is InChI=1S/C22H26F2N2O3/c1-3-29-14-20-13-25(22(27)28)15(2)12-26(20)21(16-4-8-18(23)9-5-16)17-6-10-19(24)11-7-17/h4-11,15,20-21H,3,12-14H2,1-2H3,(H,27,28)/t15-,20-/m0/s1. The highest BCUT2D eigenvalue weighted by Crippen LogP contribution is 2.33. The summed E-state index contributed by atoms with van der Waals surface area (Å²) in [6.07, 6.45) is -0.959. The van der Waals surface area contributed by atoms with E-state index in [2.05, 4.69) is 4.90 Å². The van der Waals surface area contributed by atoms with Gasteiger partial charge in [-0.3, -0.25) is 4.90 Å². The zero-order chi connectivity index (χ0) is 21.0. The maximum Gasteiger partial charge on any atom is 0.407 e. The molecule has 1 aliphatic heterocycles. The van der Waals surface area contributed by atoms with Gasteiger partial charge in [0.05, 0.1) is 18.7 Å².